The second kappa shape index (κ2) is 5.80. The van der Waals surface area contributed by atoms with E-state index < -0.39 is 13.2 Å². The molecule has 0 bridgehead atoms. The summed E-state index contributed by atoms with van der Waals surface area (Å²) in [6, 6.07) is 2.43. The van der Waals surface area contributed by atoms with E-state index in [0.29, 0.717) is 0 Å². The summed E-state index contributed by atoms with van der Waals surface area (Å²) in [6.45, 7) is 10.2. The molecule has 1 aromatic heterocycles. The molecule has 0 atom stereocenters. The fourth-order valence-electron chi connectivity index (χ4n) is 1.22. The van der Waals surface area contributed by atoms with E-state index in [1.165, 1.54) is 18.3 Å². The largest absolute Gasteiger partial charge is 0.409 e. The van der Waals surface area contributed by atoms with Crippen molar-refractivity contribution in [1.29, 1.82) is 0 Å². The lowest BCUT2D eigenvalue weighted by atomic mass is 10.2. The number of hydrogen-bond donors (Lipinski definition) is 0. The van der Waals surface area contributed by atoms with Gasteiger partial charge in [0.2, 0.25) is 5.78 Å². The van der Waals surface area contributed by atoms with E-state index in [1.807, 2.05) is 13.1 Å². The number of nitro groups is 1. The van der Waals surface area contributed by atoms with Crippen LogP contribution >= 0.6 is 0 Å². The molecule has 0 aromatic carbocycles. The highest BCUT2D eigenvalue weighted by Gasteiger charge is 2.37. The van der Waals surface area contributed by atoms with Crippen molar-refractivity contribution < 1.29 is 14.1 Å². The Labute approximate surface area is 119 Å². The number of nitrogens with zero attached hydrogens (tertiary/aromatic N) is 2. The maximum absolute atomic E-state index is 12.0. The molecule has 1 aromatic rings. The van der Waals surface area contributed by atoms with Crippen LogP contribution in [0.1, 0.15) is 31.3 Å². The molecule has 0 aliphatic heterocycles. The first-order valence-corrected chi connectivity index (χ1v) is 9.23. The van der Waals surface area contributed by atoms with Crippen LogP contribution in [0.3, 0.4) is 0 Å². The quantitative estimate of drug-likeness (QED) is 0.360. The number of carbonyl (C=O) groups excluding carboxylic acids is 1. The third-order valence-corrected chi connectivity index (χ3v) is 8.09. The Morgan fingerprint density at radius 1 is 1.45 bits per heavy atom. The normalized spacial score (nSPS) is 12.2. The van der Waals surface area contributed by atoms with Gasteiger partial charge in [0, 0.05) is 18.3 Å². The minimum Gasteiger partial charge on any atom is -0.409 e. The fraction of sp³-hybridized carbons (Fsp3) is 0.538. The van der Waals surface area contributed by atoms with E-state index in [1.54, 1.807) is 0 Å². The van der Waals surface area contributed by atoms with Crippen molar-refractivity contribution in [2.75, 3.05) is 6.61 Å². The van der Waals surface area contributed by atoms with Crippen LogP contribution in [-0.2, 0) is 4.43 Å². The minimum atomic E-state index is -2.02. The summed E-state index contributed by atoms with van der Waals surface area (Å²) < 4.78 is 5.79. The molecule has 0 N–H and O–H groups in total. The topological polar surface area (TPSA) is 82.3 Å². The van der Waals surface area contributed by atoms with E-state index in [-0.39, 0.29) is 28.8 Å². The predicted molar refractivity (Wildman–Crippen MR) is 78.4 cm³/mol. The lowest BCUT2D eigenvalue weighted by molar-refractivity contribution is -0.385. The molecular weight excluding hydrogens is 276 g/mol. The van der Waals surface area contributed by atoms with E-state index in [0.717, 1.165) is 0 Å². The summed E-state index contributed by atoms with van der Waals surface area (Å²) in [5.74, 6) is -0.335. The lowest BCUT2D eigenvalue weighted by Gasteiger charge is -2.35. The molecule has 0 saturated carbocycles. The molecule has 7 heteroatoms. The Balaban J connectivity index is 2.78. The maximum Gasteiger partial charge on any atom is 0.273 e. The SMILES string of the molecule is CC(C)(C)[Si](C)(C)OCC(=O)c1cc([N+](=O)[O-])ccn1. The van der Waals surface area contributed by atoms with E-state index in [9.17, 15) is 14.9 Å². The first-order chi connectivity index (χ1) is 9.04. The van der Waals surface area contributed by atoms with E-state index in [4.69, 9.17) is 4.43 Å². The molecule has 110 valence electrons. The molecule has 0 aliphatic rings. The number of rotatable bonds is 5. The summed E-state index contributed by atoms with van der Waals surface area (Å²) in [6.07, 6.45) is 1.26. The van der Waals surface area contributed by atoms with Crippen LogP contribution in [0.5, 0.6) is 0 Å². The third-order valence-electron chi connectivity index (χ3n) is 3.61. The summed E-state index contributed by atoms with van der Waals surface area (Å²) in [4.78, 5) is 26.0. The second-order valence-corrected chi connectivity index (χ2v) is 10.9. The highest BCUT2D eigenvalue weighted by molar-refractivity contribution is 6.74. The molecule has 0 fully saturated rings. The summed E-state index contributed by atoms with van der Waals surface area (Å²) >= 11 is 0. The van der Waals surface area contributed by atoms with Crippen molar-refractivity contribution >= 4 is 19.8 Å². The number of hydrogen-bond acceptors (Lipinski definition) is 5. The van der Waals surface area contributed by atoms with Crippen LogP contribution in [0.15, 0.2) is 18.3 Å². The molecular formula is C13H20N2O4Si. The van der Waals surface area contributed by atoms with Gasteiger partial charge in [-0.25, -0.2) is 0 Å². The average molecular weight is 296 g/mol. The maximum atomic E-state index is 12.0. The van der Waals surface area contributed by atoms with Crippen LogP contribution in [-0.4, -0.2) is 30.6 Å². The van der Waals surface area contributed by atoms with Crippen LogP contribution in [0, 0.1) is 10.1 Å². The molecule has 0 aliphatic carbocycles. The Kier molecular flexibility index (Phi) is 4.77. The summed E-state index contributed by atoms with van der Waals surface area (Å²) in [7, 11) is -2.02. The minimum absolute atomic E-state index is 0.00337. The van der Waals surface area contributed by atoms with Gasteiger partial charge >= 0.3 is 0 Å². The standard InChI is InChI=1S/C13H20N2O4Si/c1-13(2,3)20(4,5)19-9-12(16)11-8-10(15(17)18)6-7-14-11/h6-8H,9H2,1-5H3. The van der Waals surface area contributed by atoms with E-state index >= 15 is 0 Å². The number of Topliss-reactive ketones (excluding diaryl/α,β-unsaturated/α-hetero) is 1. The van der Waals surface area contributed by atoms with Crippen LogP contribution < -0.4 is 0 Å². The van der Waals surface area contributed by atoms with Gasteiger partial charge in [-0.3, -0.25) is 19.9 Å². The van der Waals surface area contributed by atoms with Gasteiger partial charge in [0.25, 0.3) is 5.69 Å². The highest BCUT2D eigenvalue weighted by atomic mass is 28.4. The number of pyridine rings is 1. The average Bonchev–Trinajstić information content (AvgIpc) is 2.34. The van der Waals surface area contributed by atoms with E-state index in [2.05, 4.69) is 25.8 Å². The lowest BCUT2D eigenvalue weighted by Crippen LogP contribution is -2.42. The fourth-order valence-corrected chi connectivity index (χ4v) is 2.15. The van der Waals surface area contributed by atoms with Crippen molar-refractivity contribution in [3.63, 3.8) is 0 Å². The summed E-state index contributed by atoms with van der Waals surface area (Å²) in [5.41, 5.74) is -0.0754. The van der Waals surface area contributed by atoms with Crippen LogP contribution in [0.4, 0.5) is 5.69 Å². The van der Waals surface area contributed by atoms with Crippen molar-refractivity contribution in [1.82, 2.24) is 4.98 Å². The Bertz CT molecular complexity index is 523. The van der Waals surface area contributed by atoms with Crippen LogP contribution in [0.2, 0.25) is 18.1 Å². The predicted octanol–water partition coefficient (Wildman–Crippen LogP) is 3.19. The molecule has 0 radical (unpaired) electrons. The Morgan fingerprint density at radius 2 is 2.05 bits per heavy atom. The van der Waals surface area contributed by atoms with Gasteiger partial charge in [-0.05, 0) is 18.1 Å². The smallest absolute Gasteiger partial charge is 0.273 e. The van der Waals surface area contributed by atoms with Gasteiger partial charge in [-0.15, -0.1) is 0 Å². The first-order valence-electron chi connectivity index (χ1n) is 6.32. The highest BCUT2D eigenvalue weighted by Crippen LogP contribution is 2.36. The van der Waals surface area contributed by atoms with Crippen molar-refractivity contribution in [3.8, 4) is 0 Å². The van der Waals surface area contributed by atoms with Crippen molar-refractivity contribution in [3.05, 3.63) is 34.1 Å². The van der Waals surface area contributed by atoms with Crippen molar-refractivity contribution in [2.45, 2.75) is 38.9 Å². The molecule has 6 nitrogen and oxygen atoms in total. The summed E-state index contributed by atoms with van der Waals surface area (Å²) in [5, 5.41) is 10.7. The van der Waals surface area contributed by atoms with Gasteiger partial charge < -0.3 is 4.43 Å². The number of aromatic nitrogens is 1. The first kappa shape index (κ1) is 16.5. The zero-order valence-electron chi connectivity index (χ0n) is 12.5. The molecule has 0 spiro atoms. The van der Waals surface area contributed by atoms with Gasteiger partial charge in [-0.1, -0.05) is 20.8 Å². The molecule has 20 heavy (non-hydrogen) atoms. The zero-order valence-corrected chi connectivity index (χ0v) is 13.5. The van der Waals surface area contributed by atoms with Crippen molar-refractivity contribution in [2.24, 2.45) is 0 Å². The molecule has 0 amide bonds. The number of ketones is 1. The zero-order chi connectivity index (χ0) is 15.6. The Morgan fingerprint density at radius 3 is 2.55 bits per heavy atom. The molecule has 1 rings (SSSR count). The van der Waals surface area contributed by atoms with Gasteiger partial charge in [0.05, 0.1) is 11.5 Å². The third kappa shape index (κ3) is 3.94. The second-order valence-electron chi connectivity index (χ2n) is 6.13. The van der Waals surface area contributed by atoms with Gasteiger partial charge in [-0.2, -0.15) is 0 Å². The number of carbonyl (C=O) groups is 1. The molecule has 1 heterocycles. The molecule has 0 saturated heterocycles. The Hall–Kier alpha value is -1.60. The molecule has 0 unspecified atom stereocenters. The van der Waals surface area contributed by atoms with Gasteiger partial charge in [0.15, 0.2) is 8.32 Å². The van der Waals surface area contributed by atoms with Crippen LogP contribution in [0.25, 0.3) is 0 Å². The monoisotopic (exact) mass is 296 g/mol. The van der Waals surface area contributed by atoms with Gasteiger partial charge in [0.1, 0.15) is 5.69 Å².